The molecule has 1 aromatic heterocycles. The zero-order valence-corrected chi connectivity index (χ0v) is 19.1. The van der Waals surface area contributed by atoms with Crippen molar-refractivity contribution in [1.82, 2.24) is 15.2 Å². The molecule has 1 N–H and O–H groups in total. The van der Waals surface area contributed by atoms with Crippen molar-refractivity contribution in [2.24, 2.45) is 0 Å². The fraction of sp³-hybridized carbons (Fsp3) is 0.308. The van der Waals surface area contributed by atoms with Crippen LogP contribution in [0.3, 0.4) is 0 Å². The molecule has 0 spiro atoms. The first kappa shape index (κ1) is 22.6. The fourth-order valence-electron chi connectivity index (χ4n) is 4.17. The molecule has 33 heavy (non-hydrogen) atoms. The molecule has 4 rings (SSSR count). The number of aromatic nitrogens is 1. The largest absolute Gasteiger partial charge is 0.497 e. The van der Waals surface area contributed by atoms with Crippen LogP contribution in [0.1, 0.15) is 22.0 Å². The molecule has 3 aromatic rings. The number of carbonyl (C=O) groups excluding carboxylic acids is 1. The van der Waals surface area contributed by atoms with E-state index in [1.54, 1.807) is 32.5 Å². The molecular formula is C26H30N4O3. The maximum atomic E-state index is 12.8. The second-order valence-corrected chi connectivity index (χ2v) is 7.97. The quantitative estimate of drug-likeness (QED) is 0.572. The Morgan fingerprint density at radius 2 is 1.73 bits per heavy atom. The van der Waals surface area contributed by atoms with Crippen molar-refractivity contribution >= 4 is 11.6 Å². The van der Waals surface area contributed by atoms with E-state index in [1.165, 1.54) is 5.69 Å². The van der Waals surface area contributed by atoms with Gasteiger partial charge < -0.3 is 19.7 Å². The third-order valence-corrected chi connectivity index (χ3v) is 6.05. The number of methoxy groups -OCH3 is 2. The number of pyridine rings is 1. The number of ether oxygens (including phenoxy) is 2. The van der Waals surface area contributed by atoms with E-state index in [1.807, 2.05) is 36.5 Å². The fourth-order valence-corrected chi connectivity index (χ4v) is 4.17. The van der Waals surface area contributed by atoms with Crippen LogP contribution in [0.25, 0.3) is 0 Å². The molecule has 7 nitrogen and oxygen atoms in total. The molecule has 0 bridgehead atoms. The second-order valence-electron chi connectivity index (χ2n) is 7.97. The summed E-state index contributed by atoms with van der Waals surface area (Å²) < 4.78 is 10.5. The number of piperazine rings is 1. The standard InChI is InChI=1S/C26H30N4O3/c1-32-23-10-8-22(9-11-23)29-13-15-30(16-14-29)25(21-6-4-12-27-18-21)19-28-26(31)20-5-3-7-24(17-20)33-2/h3-12,17-18,25H,13-16,19H2,1-2H3,(H,28,31)/t25-/m0/s1. The minimum Gasteiger partial charge on any atom is -0.497 e. The van der Waals surface area contributed by atoms with Gasteiger partial charge in [0.1, 0.15) is 11.5 Å². The summed E-state index contributed by atoms with van der Waals surface area (Å²) in [5.41, 5.74) is 2.88. The Morgan fingerprint density at radius 1 is 0.970 bits per heavy atom. The summed E-state index contributed by atoms with van der Waals surface area (Å²) in [6, 6.07) is 19.5. The van der Waals surface area contributed by atoms with Gasteiger partial charge in [0.15, 0.2) is 0 Å². The number of hydrogen-bond acceptors (Lipinski definition) is 6. The monoisotopic (exact) mass is 446 g/mol. The van der Waals surface area contributed by atoms with Crippen molar-refractivity contribution < 1.29 is 14.3 Å². The van der Waals surface area contributed by atoms with Crippen LogP contribution in [-0.4, -0.2) is 62.7 Å². The van der Waals surface area contributed by atoms with Crippen molar-refractivity contribution in [2.45, 2.75) is 6.04 Å². The topological polar surface area (TPSA) is 66.9 Å². The minimum absolute atomic E-state index is 0.0475. The lowest BCUT2D eigenvalue weighted by Gasteiger charge is -2.40. The van der Waals surface area contributed by atoms with Gasteiger partial charge in [0.2, 0.25) is 0 Å². The van der Waals surface area contributed by atoms with E-state index in [4.69, 9.17) is 9.47 Å². The minimum atomic E-state index is -0.111. The van der Waals surface area contributed by atoms with Gasteiger partial charge >= 0.3 is 0 Å². The van der Waals surface area contributed by atoms with Crippen molar-refractivity contribution in [1.29, 1.82) is 0 Å². The van der Waals surface area contributed by atoms with Crippen LogP contribution in [-0.2, 0) is 0 Å². The maximum absolute atomic E-state index is 12.8. The van der Waals surface area contributed by atoms with Crippen LogP contribution in [0.15, 0.2) is 73.1 Å². The lowest BCUT2D eigenvalue weighted by Crippen LogP contribution is -2.50. The van der Waals surface area contributed by atoms with E-state index in [0.29, 0.717) is 17.9 Å². The van der Waals surface area contributed by atoms with E-state index in [2.05, 4.69) is 38.3 Å². The van der Waals surface area contributed by atoms with Gasteiger partial charge in [-0.05, 0) is 54.1 Å². The van der Waals surface area contributed by atoms with Gasteiger partial charge in [-0.3, -0.25) is 14.7 Å². The number of hydrogen-bond donors (Lipinski definition) is 1. The van der Waals surface area contributed by atoms with Gasteiger partial charge in [0.05, 0.1) is 20.3 Å². The van der Waals surface area contributed by atoms with Gasteiger partial charge in [0, 0.05) is 56.4 Å². The normalized spacial score (nSPS) is 15.0. The highest BCUT2D eigenvalue weighted by atomic mass is 16.5. The molecule has 0 unspecified atom stereocenters. The summed E-state index contributed by atoms with van der Waals surface area (Å²) in [5.74, 6) is 1.42. The van der Waals surface area contributed by atoms with Crippen LogP contribution in [0.2, 0.25) is 0 Å². The molecule has 172 valence electrons. The van der Waals surface area contributed by atoms with Gasteiger partial charge in [-0.2, -0.15) is 0 Å². The number of amides is 1. The number of nitrogens with zero attached hydrogens (tertiary/aromatic N) is 3. The first-order valence-corrected chi connectivity index (χ1v) is 11.1. The molecule has 1 saturated heterocycles. The molecule has 0 saturated carbocycles. The zero-order valence-electron chi connectivity index (χ0n) is 19.1. The maximum Gasteiger partial charge on any atom is 0.251 e. The molecule has 0 radical (unpaired) electrons. The van der Waals surface area contributed by atoms with Crippen LogP contribution >= 0.6 is 0 Å². The Morgan fingerprint density at radius 3 is 2.39 bits per heavy atom. The highest BCUT2D eigenvalue weighted by molar-refractivity contribution is 5.94. The number of carbonyl (C=O) groups is 1. The summed E-state index contributed by atoms with van der Waals surface area (Å²) in [6.45, 7) is 4.10. The number of benzene rings is 2. The van der Waals surface area contributed by atoms with E-state index in [0.717, 1.165) is 37.5 Å². The van der Waals surface area contributed by atoms with Gasteiger partial charge in [-0.15, -0.1) is 0 Å². The summed E-state index contributed by atoms with van der Waals surface area (Å²) in [5, 5.41) is 3.11. The van der Waals surface area contributed by atoms with Crippen molar-refractivity contribution in [3.8, 4) is 11.5 Å². The van der Waals surface area contributed by atoms with Crippen LogP contribution in [0.5, 0.6) is 11.5 Å². The molecule has 1 atom stereocenters. The predicted octanol–water partition coefficient (Wildman–Crippen LogP) is 3.39. The van der Waals surface area contributed by atoms with Crippen LogP contribution < -0.4 is 19.7 Å². The Hall–Kier alpha value is -3.58. The molecule has 1 aliphatic rings. The Kier molecular flexibility index (Phi) is 7.42. The molecule has 2 heterocycles. The molecule has 1 amide bonds. The number of nitrogens with one attached hydrogen (secondary N) is 1. The molecule has 1 aliphatic heterocycles. The third-order valence-electron chi connectivity index (χ3n) is 6.05. The Balaban J connectivity index is 1.42. The van der Waals surface area contributed by atoms with Gasteiger partial charge in [0.25, 0.3) is 5.91 Å². The highest BCUT2D eigenvalue weighted by Crippen LogP contribution is 2.25. The van der Waals surface area contributed by atoms with Gasteiger partial charge in [-0.1, -0.05) is 12.1 Å². The summed E-state index contributed by atoms with van der Waals surface area (Å²) >= 11 is 0. The van der Waals surface area contributed by atoms with E-state index in [9.17, 15) is 4.79 Å². The van der Waals surface area contributed by atoms with Crippen LogP contribution in [0, 0.1) is 0 Å². The van der Waals surface area contributed by atoms with Crippen LogP contribution in [0.4, 0.5) is 5.69 Å². The van der Waals surface area contributed by atoms with E-state index < -0.39 is 0 Å². The van der Waals surface area contributed by atoms with Gasteiger partial charge in [-0.25, -0.2) is 0 Å². The first-order valence-electron chi connectivity index (χ1n) is 11.1. The van der Waals surface area contributed by atoms with E-state index in [-0.39, 0.29) is 11.9 Å². The predicted molar refractivity (Wildman–Crippen MR) is 129 cm³/mol. The SMILES string of the molecule is COc1ccc(N2CCN([C@@H](CNC(=O)c3cccc(OC)c3)c3cccnc3)CC2)cc1. The second kappa shape index (κ2) is 10.8. The molecule has 7 heteroatoms. The Labute approximate surface area is 195 Å². The average Bonchev–Trinajstić information content (AvgIpc) is 2.90. The lowest BCUT2D eigenvalue weighted by molar-refractivity contribution is 0.0929. The van der Waals surface area contributed by atoms with Crippen molar-refractivity contribution in [2.75, 3.05) is 51.8 Å². The zero-order chi connectivity index (χ0) is 23.0. The number of anilines is 1. The molecular weight excluding hydrogens is 416 g/mol. The molecule has 2 aromatic carbocycles. The third kappa shape index (κ3) is 5.62. The lowest BCUT2D eigenvalue weighted by atomic mass is 10.1. The van der Waals surface area contributed by atoms with Crippen molar-refractivity contribution in [3.63, 3.8) is 0 Å². The average molecular weight is 447 g/mol. The number of rotatable bonds is 8. The highest BCUT2D eigenvalue weighted by Gasteiger charge is 2.26. The molecule has 1 fully saturated rings. The Bertz CT molecular complexity index is 1030. The van der Waals surface area contributed by atoms with Crippen molar-refractivity contribution in [3.05, 3.63) is 84.2 Å². The summed E-state index contributed by atoms with van der Waals surface area (Å²) in [6.07, 6.45) is 3.66. The summed E-state index contributed by atoms with van der Waals surface area (Å²) in [4.78, 5) is 21.9. The first-order chi connectivity index (χ1) is 16.2. The smallest absolute Gasteiger partial charge is 0.251 e. The van der Waals surface area contributed by atoms with E-state index >= 15 is 0 Å². The summed E-state index contributed by atoms with van der Waals surface area (Å²) in [7, 11) is 3.28. The molecule has 0 aliphatic carbocycles.